The Bertz CT molecular complexity index is 882. The maximum absolute atomic E-state index is 12.2. The summed E-state index contributed by atoms with van der Waals surface area (Å²) in [6, 6.07) is 13.0. The van der Waals surface area contributed by atoms with Gasteiger partial charge in [0.15, 0.2) is 5.82 Å². The fraction of sp³-hybridized carbons (Fsp3) is 0.158. The van der Waals surface area contributed by atoms with E-state index < -0.39 is 6.36 Å². The van der Waals surface area contributed by atoms with E-state index in [4.69, 9.17) is 4.74 Å². The third kappa shape index (κ3) is 5.10. The lowest BCUT2D eigenvalue weighted by Gasteiger charge is -2.12. The van der Waals surface area contributed by atoms with Gasteiger partial charge in [-0.1, -0.05) is 12.1 Å². The monoisotopic (exact) mass is 375 g/mol. The normalized spacial score (nSPS) is 11.1. The number of alkyl halides is 3. The predicted molar refractivity (Wildman–Crippen MR) is 94.5 cm³/mol. The molecule has 0 amide bonds. The van der Waals surface area contributed by atoms with E-state index in [9.17, 15) is 13.2 Å². The molecule has 2 aromatic carbocycles. The molecule has 0 atom stereocenters. The molecule has 3 aromatic rings. The molecule has 0 aliphatic carbocycles. The van der Waals surface area contributed by atoms with E-state index in [1.165, 1.54) is 12.1 Å². The summed E-state index contributed by atoms with van der Waals surface area (Å²) in [5.74, 6) is 1.04. The van der Waals surface area contributed by atoms with Crippen molar-refractivity contribution < 1.29 is 22.6 Å². The van der Waals surface area contributed by atoms with Gasteiger partial charge in [0.25, 0.3) is 0 Å². The van der Waals surface area contributed by atoms with Crippen molar-refractivity contribution in [3.05, 3.63) is 66.5 Å². The van der Waals surface area contributed by atoms with Gasteiger partial charge in [-0.05, 0) is 42.0 Å². The number of hydrogen-bond acceptors (Lipinski definition) is 5. The van der Waals surface area contributed by atoms with Crippen molar-refractivity contribution in [1.82, 2.24) is 9.97 Å². The molecule has 0 aliphatic rings. The van der Waals surface area contributed by atoms with E-state index in [-0.39, 0.29) is 5.75 Å². The molecular formula is C19H16F3N3O2. The van der Waals surface area contributed by atoms with Crippen molar-refractivity contribution in [3.8, 4) is 22.8 Å². The molecule has 3 rings (SSSR count). The Balaban J connectivity index is 1.71. The molecule has 0 unspecified atom stereocenters. The van der Waals surface area contributed by atoms with Crippen molar-refractivity contribution in [1.29, 1.82) is 0 Å². The minimum absolute atomic E-state index is 0.260. The highest BCUT2D eigenvalue weighted by Gasteiger charge is 2.30. The van der Waals surface area contributed by atoms with Crippen LogP contribution in [0.15, 0.2) is 60.9 Å². The van der Waals surface area contributed by atoms with Crippen molar-refractivity contribution in [2.75, 3.05) is 12.4 Å². The maximum atomic E-state index is 12.2. The number of methoxy groups -OCH3 is 1. The van der Waals surface area contributed by atoms with Crippen LogP contribution in [0.4, 0.5) is 19.0 Å². The SMILES string of the molecule is COc1ccc(-c2nccnc2NCc2ccc(OC(F)(F)F)cc2)cc1. The van der Waals surface area contributed by atoms with Crippen molar-refractivity contribution in [2.24, 2.45) is 0 Å². The average Bonchev–Trinajstić information content (AvgIpc) is 2.67. The Kier molecular flexibility index (Phi) is 5.44. The van der Waals surface area contributed by atoms with Gasteiger partial charge in [0.1, 0.15) is 17.2 Å². The number of halogens is 3. The molecule has 0 saturated carbocycles. The summed E-state index contributed by atoms with van der Waals surface area (Å²) in [5.41, 5.74) is 2.30. The molecule has 1 N–H and O–H groups in total. The average molecular weight is 375 g/mol. The van der Waals surface area contributed by atoms with Crippen LogP contribution in [-0.4, -0.2) is 23.4 Å². The fourth-order valence-electron chi connectivity index (χ4n) is 2.42. The molecule has 27 heavy (non-hydrogen) atoms. The van der Waals surface area contributed by atoms with E-state index in [1.54, 1.807) is 31.6 Å². The van der Waals surface area contributed by atoms with Crippen LogP contribution >= 0.6 is 0 Å². The summed E-state index contributed by atoms with van der Waals surface area (Å²) in [5, 5.41) is 3.16. The maximum Gasteiger partial charge on any atom is 0.573 e. The number of benzene rings is 2. The molecule has 0 aliphatic heterocycles. The molecule has 1 heterocycles. The van der Waals surface area contributed by atoms with Gasteiger partial charge in [-0.3, -0.25) is 4.98 Å². The minimum Gasteiger partial charge on any atom is -0.497 e. The lowest BCUT2D eigenvalue weighted by molar-refractivity contribution is -0.274. The van der Waals surface area contributed by atoms with Crippen LogP contribution in [0.25, 0.3) is 11.3 Å². The van der Waals surface area contributed by atoms with E-state index >= 15 is 0 Å². The van der Waals surface area contributed by atoms with Gasteiger partial charge in [-0.25, -0.2) is 4.98 Å². The Labute approximate surface area is 153 Å². The van der Waals surface area contributed by atoms with E-state index in [0.717, 1.165) is 16.9 Å². The van der Waals surface area contributed by atoms with Crippen LogP contribution in [0, 0.1) is 0 Å². The number of nitrogens with one attached hydrogen (secondary N) is 1. The summed E-state index contributed by atoms with van der Waals surface area (Å²) in [6.45, 7) is 0.369. The first-order valence-corrected chi connectivity index (χ1v) is 7.98. The number of aromatic nitrogens is 2. The smallest absolute Gasteiger partial charge is 0.497 e. The summed E-state index contributed by atoms with van der Waals surface area (Å²) in [4.78, 5) is 8.66. The van der Waals surface area contributed by atoms with Crippen molar-refractivity contribution in [3.63, 3.8) is 0 Å². The number of ether oxygens (including phenoxy) is 2. The lowest BCUT2D eigenvalue weighted by Crippen LogP contribution is -2.17. The molecule has 0 spiro atoms. The van der Waals surface area contributed by atoms with Gasteiger partial charge in [-0.15, -0.1) is 13.2 Å². The highest BCUT2D eigenvalue weighted by Crippen LogP contribution is 2.26. The van der Waals surface area contributed by atoms with Crippen LogP contribution in [-0.2, 0) is 6.54 Å². The van der Waals surface area contributed by atoms with Crippen LogP contribution in [0.3, 0.4) is 0 Å². The number of rotatable bonds is 6. The third-order valence-corrected chi connectivity index (χ3v) is 3.68. The Morgan fingerprint density at radius 3 is 2.15 bits per heavy atom. The highest BCUT2D eigenvalue weighted by molar-refractivity contribution is 5.71. The summed E-state index contributed by atoms with van der Waals surface area (Å²) in [7, 11) is 1.59. The second-order valence-electron chi connectivity index (χ2n) is 5.53. The molecule has 0 saturated heterocycles. The van der Waals surface area contributed by atoms with Crippen LogP contribution < -0.4 is 14.8 Å². The second-order valence-corrected chi connectivity index (χ2v) is 5.53. The summed E-state index contributed by atoms with van der Waals surface area (Å²) < 4.78 is 45.6. The van der Waals surface area contributed by atoms with Crippen molar-refractivity contribution in [2.45, 2.75) is 12.9 Å². The number of nitrogens with zero attached hydrogens (tertiary/aromatic N) is 2. The third-order valence-electron chi connectivity index (χ3n) is 3.68. The minimum atomic E-state index is -4.70. The lowest BCUT2D eigenvalue weighted by atomic mass is 10.1. The van der Waals surface area contributed by atoms with Crippen LogP contribution in [0.5, 0.6) is 11.5 Å². The van der Waals surface area contributed by atoms with Crippen LogP contribution in [0.2, 0.25) is 0 Å². The molecular weight excluding hydrogens is 359 g/mol. The molecule has 0 radical (unpaired) electrons. The molecule has 140 valence electrons. The van der Waals surface area contributed by atoms with Gasteiger partial charge in [0, 0.05) is 24.5 Å². The van der Waals surface area contributed by atoms with E-state index in [1.807, 2.05) is 24.3 Å². The largest absolute Gasteiger partial charge is 0.573 e. The first kappa shape index (κ1) is 18.5. The van der Waals surface area contributed by atoms with Crippen LogP contribution in [0.1, 0.15) is 5.56 Å². The standard InChI is InChI=1S/C19H16F3N3O2/c1-26-15-8-4-14(5-9-15)17-18(24-11-10-23-17)25-12-13-2-6-16(7-3-13)27-19(20,21)22/h2-11H,12H2,1H3,(H,24,25). The zero-order valence-corrected chi connectivity index (χ0v) is 14.3. The summed E-state index contributed by atoms with van der Waals surface area (Å²) in [6.07, 6.45) is -1.55. The predicted octanol–water partition coefficient (Wildman–Crippen LogP) is 4.66. The molecule has 0 fully saturated rings. The van der Waals surface area contributed by atoms with Gasteiger partial charge in [-0.2, -0.15) is 0 Å². The van der Waals surface area contributed by atoms with Gasteiger partial charge < -0.3 is 14.8 Å². The Morgan fingerprint density at radius 2 is 1.52 bits per heavy atom. The fourth-order valence-corrected chi connectivity index (χ4v) is 2.42. The van der Waals surface area contributed by atoms with Gasteiger partial charge in [0.05, 0.1) is 7.11 Å². The quantitative estimate of drug-likeness (QED) is 0.679. The molecule has 1 aromatic heterocycles. The zero-order valence-electron chi connectivity index (χ0n) is 14.3. The highest BCUT2D eigenvalue weighted by atomic mass is 19.4. The molecule has 8 heteroatoms. The Hall–Kier alpha value is -3.29. The molecule has 5 nitrogen and oxygen atoms in total. The summed E-state index contributed by atoms with van der Waals surface area (Å²) >= 11 is 0. The first-order chi connectivity index (χ1) is 12.9. The topological polar surface area (TPSA) is 56.3 Å². The van der Waals surface area contributed by atoms with Gasteiger partial charge >= 0.3 is 6.36 Å². The Morgan fingerprint density at radius 1 is 0.889 bits per heavy atom. The van der Waals surface area contributed by atoms with Crippen molar-refractivity contribution >= 4 is 5.82 Å². The first-order valence-electron chi connectivity index (χ1n) is 7.98. The van der Waals surface area contributed by atoms with E-state index in [0.29, 0.717) is 18.1 Å². The number of anilines is 1. The van der Waals surface area contributed by atoms with E-state index in [2.05, 4.69) is 20.0 Å². The zero-order chi connectivity index (χ0) is 19.3. The number of hydrogen-bond donors (Lipinski definition) is 1. The second kappa shape index (κ2) is 7.94. The van der Waals surface area contributed by atoms with Gasteiger partial charge in [0.2, 0.25) is 0 Å². The molecule has 0 bridgehead atoms.